The summed E-state index contributed by atoms with van der Waals surface area (Å²) in [6.07, 6.45) is -0.442. The van der Waals surface area contributed by atoms with Gasteiger partial charge in [-0.1, -0.05) is 46.3 Å². The zero-order chi connectivity index (χ0) is 11.6. The molecular formula is C12H18BrNO2. The summed E-state index contributed by atoms with van der Waals surface area (Å²) in [5.74, 6) is 0. The van der Waals surface area contributed by atoms with Crippen LogP contribution in [0.1, 0.15) is 5.56 Å². The SMILES string of the molecule is O[C@@H](CNCCBr)COCc1ccccc1. The summed E-state index contributed by atoms with van der Waals surface area (Å²) in [5, 5.41) is 13.6. The van der Waals surface area contributed by atoms with Gasteiger partial charge < -0.3 is 15.2 Å². The first kappa shape index (κ1) is 13.6. The van der Waals surface area contributed by atoms with Crippen molar-refractivity contribution in [3.63, 3.8) is 0 Å². The minimum Gasteiger partial charge on any atom is -0.389 e. The topological polar surface area (TPSA) is 41.5 Å². The van der Waals surface area contributed by atoms with E-state index in [0.29, 0.717) is 19.8 Å². The van der Waals surface area contributed by atoms with E-state index in [9.17, 15) is 5.11 Å². The molecule has 3 nitrogen and oxygen atoms in total. The molecular weight excluding hydrogens is 270 g/mol. The highest BCUT2D eigenvalue weighted by atomic mass is 79.9. The number of rotatable bonds is 8. The Hall–Kier alpha value is -0.420. The van der Waals surface area contributed by atoms with Crippen molar-refractivity contribution < 1.29 is 9.84 Å². The Balaban J connectivity index is 2.06. The molecule has 0 aliphatic heterocycles. The number of nitrogens with one attached hydrogen (secondary N) is 1. The molecule has 0 aromatic heterocycles. The van der Waals surface area contributed by atoms with Gasteiger partial charge in [-0.15, -0.1) is 0 Å². The maximum absolute atomic E-state index is 9.55. The summed E-state index contributed by atoms with van der Waals surface area (Å²) in [6.45, 7) is 2.34. The lowest BCUT2D eigenvalue weighted by atomic mass is 10.2. The predicted octanol–water partition coefficient (Wildman–Crippen LogP) is 1.55. The van der Waals surface area contributed by atoms with Crippen molar-refractivity contribution in [1.29, 1.82) is 0 Å². The average molecular weight is 288 g/mol. The molecule has 1 aromatic rings. The van der Waals surface area contributed by atoms with Gasteiger partial charge in [0.25, 0.3) is 0 Å². The molecule has 1 aromatic carbocycles. The van der Waals surface area contributed by atoms with Gasteiger partial charge in [0.1, 0.15) is 0 Å². The Morgan fingerprint density at radius 1 is 1.31 bits per heavy atom. The van der Waals surface area contributed by atoms with E-state index in [1.54, 1.807) is 0 Å². The Morgan fingerprint density at radius 2 is 2.06 bits per heavy atom. The van der Waals surface area contributed by atoms with Crippen LogP contribution in [0.5, 0.6) is 0 Å². The van der Waals surface area contributed by atoms with Gasteiger partial charge in [-0.3, -0.25) is 0 Å². The fraction of sp³-hybridized carbons (Fsp3) is 0.500. The Labute approximate surface area is 105 Å². The van der Waals surface area contributed by atoms with Crippen molar-refractivity contribution in [1.82, 2.24) is 5.32 Å². The molecule has 0 fully saturated rings. The summed E-state index contributed by atoms with van der Waals surface area (Å²) in [5.41, 5.74) is 1.13. The molecule has 0 aliphatic carbocycles. The molecule has 0 saturated heterocycles. The van der Waals surface area contributed by atoms with Crippen LogP contribution in [0.4, 0.5) is 0 Å². The molecule has 4 heteroatoms. The number of halogens is 1. The van der Waals surface area contributed by atoms with Crippen LogP contribution in [-0.2, 0) is 11.3 Å². The molecule has 16 heavy (non-hydrogen) atoms. The second kappa shape index (κ2) is 8.70. The maximum Gasteiger partial charge on any atom is 0.0897 e. The van der Waals surface area contributed by atoms with Crippen LogP contribution in [-0.4, -0.2) is 36.2 Å². The third kappa shape index (κ3) is 6.23. The van der Waals surface area contributed by atoms with E-state index in [-0.39, 0.29) is 0 Å². The van der Waals surface area contributed by atoms with Crippen molar-refractivity contribution in [2.75, 3.05) is 25.0 Å². The van der Waals surface area contributed by atoms with Gasteiger partial charge >= 0.3 is 0 Å². The second-order valence-electron chi connectivity index (χ2n) is 3.55. The van der Waals surface area contributed by atoms with Crippen LogP contribution >= 0.6 is 15.9 Å². The number of aliphatic hydroxyl groups is 1. The Bertz CT molecular complexity index is 269. The number of hydrogen-bond acceptors (Lipinski definition) is 3. The van der Waals surface area contributed by atoms with Crippen LogP contribution in [0.25, 0.3) is 0 Å². The molecule has 0 aliphatic rings. The monoisotopic (exact) mass is 287 g/mol. The second-order valence-corrected chi connectivity index (χ2v) is 4.34. The number of alkyl halides is 1. The van der Waals surface area contributed by atoms with E-state index >= 15 is 0 Å². The van der Waals surface area contributed by atoms with Crippen molar-refractivity contribution in [2.45, 2.75) is 12.7 Å². The van der Waals surface area contributed by atoms with E-state index in [4.69, 9.17) is 4.74 Å². The Kier molecular flexibility index (Phi) is 7.42. The third-order valence-corrected chi connectivity index (χ3v) is 2.47. The zero-order valence-corrected chi connectivity index (χ0v) is 10.8. The molecule has 0 radical (unpaired) electrons. The highest BCUT2D eigenvalue weighted by Gasteiger charge is 2.03. The van der Waals surface area contributed by atoms with Crippen molar-refractivity contribution in [3.05, 3.63) is 35.9 Å². The molecule has 0 heterocycles. The number of ether oxygens (including phenoxy) is 1. The smallest absolute Gasteiger partial charge is 0.0897 e. The number of hydrogen-bond donors (Lipinski definition) is 2. The fourth-order valence-electron chi connectivity index (χ4n) is 1.28. The molecule has 1 atom stereocenters. The van der Waals surface area contributed by atoms with Gasteiger partial charge in [-0.05, 0) is 5.56 Å². The van der Waals surface area contributed by atoms with Gasteiger partial charge in [-0.2, -0.15) is 0 Å². The van der Waals surface area contributed by atoms with E-state index < -0.39 is 6.10 Å². The van der Waals surface area contributed by atoms with Gasteiger partial charge in [0.15, 0.2) is 0 Å². The molecule has 90 valence electrons. The number of benzene rings is 1. The fourth-order valence-corrected chi connectivity index (χ4v) is 1.56. The van der Waals surface area contributed by atoms with E-state index in [1.165, 1.54) is 0 Å². The molecule has 1 rings (SSSR count). The van der Waals surface area contributed by atoms with Crippen molar-refractivity contribution >= 4 is 15.9 Å². The van der Waals surface area contributed by atoms with Gasteiger partial charge in [0.05, 0.1) is 19.3 Å². The minimum atomic E-state index is -0.442. The van der Waals surface area contributed by atoms with Crippen molar-refractivity contribution in [3.8, 4) is 0 Å². The highest BCUT2D eigenvalue weighted by Crippen LogP contribution is 2.00. The first-order valence-corrected chi connectivity index (χ1v) is 6.51. The van der Waals surface area contributed by atoms with Crippen LogP contribution in [0, 0.1) is 0 Å². The summed E-state index contributed by atoms with van der Waals surface area (Å²) >= 11 is 3.31. The third-order valence-electron chi connectivity index (χ3n) is 2.07. The summed E-state index contributed by atoms with van der Waals surface area (Å²) < 4.78 is 5.41. The lowest BCUT2D eigenvalue weighted by Gasteiger charge is -2.11. The van der Waals surface area contributed by atoms with E-state index in [2.05, 4.69) is 21.2 Å². The zero-order valence-electron chi connectivity index (χ0n) is 9.23. The molecule has 0 spiro atoms. The largest absolute Gasteiger partial charge is 0.389 e. The molecule has 0 bridgehead atoms. The number of aliphatic hydroxyl groups excluding tert-OH is 1. The Morgan fingerprint density at radius 3 is 2.75 bits per heavy atom. The first-order chi connectivity index (χ1) is 7.83. The molecule has 0 saturated carbocycles. The normalized spacial score (nSPS) is 12.6. The van der Waals surface area contributed by atoms with E-state index in [0.717, 1.165) is 17.4 Å². The summed E-state index contributed by atoms with van der Waals surface area (Å²) in [7, 11) is 0. The highest BCUT2D eigenvalue weighted by molar-refractivity contribution is 9.09. The van der Waals surface area contributed by atoms with Crippen molar-refractivity contribution in [2.24, 2.45) is 0 Å². The van der Waals surface area contributed by atoms with Crippen LogP contribution in [0.2, 0.25) is 0 Å². The van der Waals surface area contributed by atoms with Crippen LogP contribution in [0.3, 0.4) is 0 Å². The molecule has 2 N–H and O–H groups in total. The predicted molar refractivity (Wildman–Crippen MR) is 68.8 cm³/mol. The van der Waals surface area contributed by atoms with Crippen LogP contribution < -0.4 is 5.32 Å². The van der Waals surface area contributed by atoms with Crippen LogP contribution in [0.15, 0.2) is 30.3 Å². The minimum absolute atomic E-state index is 0.365. The maximum atomic E-state index is 9.55. The average Bonchev–Trinajstić information content (AvgIpc) is 2.31. The molecule has 0 amide bonds. The molecule has 0 unspecified atom stereocenters. The summed E-state index contributed by atoms with van der Waals surface area (Å²) in [6, 6.07) is 9.95. The van der Waals surface area contributed by atoms with E-state index in [1.807, 2.05) is 30.3 Å². The lowest BCUT2D eigenvalue weighted by Crippen LogP contribution is -2.31. The van der Waals surface area contributed by atoms with Gasteiger partial charge in [0, 0.05) is 18.4 Å². The van der Waals surface area contributed by atoms with Gasteiger partial charge in [-0.25, -0.2) is 0 Å². The summed E-state index contributed by atoms with van der Waals surface area (Å²) in [4.78, 5) is 0. The van der Waals surface area contributed by atoms with Gasteiger partial charge in [0.2, 0.25) is 0 Å². The lowest BCUT2D eigenvalue weighted by molar-refractivity contribution is 0.0292. The first-order valence-electron chi connectivity index (χ1n) is 5.39. The quantitative estimate of drug-likeness (QED) is 0.563. The standard InChI is InChI=1S/C12H18BrNO2/c13-6-7-14-8-12(15)10-16-9-11-4-2-1-3-5-11/h1-5,12,14-15H,6-10H2/t12-/m0/s1.